The van der Waals surface area contributed by atoms with Crippen LogP contribution in [0.5, 0.6) is 0 Å². The normalized spacial score (nSPS) is 25.6. The summed E-state index contributed by atoms with van der Waals surface area (Å²) in [4.78, 5) is 1.31. The minimum absolute atomic E-state index is 0.283. The zero-order valence-corrected chi connectivity index (χ0v) is 12.9. The standard InChI is InChI=1S/C14H22ClNOS/c1-4-6-16-12(13-9(2)5-7-17-13)11-8-10(3)14(15)18-11/h8-9,12-13,16H,4-7H2,1-3H3. The zero-order valence-electron chi connectivity index (χ0n) is 11.3. The largest absolute Gasteiger partial charge is 0.376 e. The van der Waals surface area contributed by atoms with Gasteiger partial charge in [0.2, 0.25) is 0 Å². The Morgan fingerprint density at radius 2 is 2.39 bits per heavy atom. The van der Waals surface area contributed by atoms with E-state index in [1.807, 2.05) is 0 Å². The molecular weight excluding hydrogens is 266 g/mol. The number of rotatable bonds is 5. The van der Waals surface area contributed by atoms with Crippen LogP contribution in [0.2, 0.25) is 4.34 Å². The maximum Gasteiger partial charge on any atom is 0.0960 e. The molecule has 1 aliphatic heterocycles. The van der Waals surface area contributed by atoms with Crippen molar-refractivity contribution in [3.63, 3.8) is 0 Å². The van der Waals surface area contributed by atoms with Gasteiger partial charge >= 0.3 is 0 Å². The van der Waals surface area contributed by atoms with Crippen molar-refractivity contribution in [2.45, 2.75) is 45.8 Å². The molecule has 2 heterocycles. The molecule has 0 radical (unpaired) electrons. The predicted molar refractivity (Wildman–Crippen MR) is 78.6 cm³/mol. The van der Waals surface area contributed by atoms with Gasteiger partial charge in [0.1, 0.15) is 0 Å². The maximum absolute atomic E-state index is 6.20. The molecule has 2 nitrogen and oxygen atoms in total. The molecule has 18 heavy (non-hydrogen) atoms. The van der Waals surface area contributed by atoms with Crippen LogP contribution in [0.1, 0.15) is 43.2 Å². The Kier molecular flexibility index (Phi) is 5.07. The van der Waals surface area contributed by atoms with E-state index in [9.17, 15) is 0 Å². The third-order valence-corrected chi connectivity index (χ3v) is 5.21. The highest BCUT2D eigenvalue weighted by atomic mass is 35.5. The van der Waals surface area contributed by atoms with E-state index in [2.05, 4.69) is 32.2 Å². The van der Waals surface area contributed by atoms with Crippen molar-refractivity contribution in [2.24, 2.45) is 5.92 Å². The summed E-state index contributed by atoms with van der Waals surface area (Å²) in [6.07, 6.45) is 2.58. The van der Waals surface area contributed by atoms with Crippen molar-refractivity contribution in [1.29, 1.82) is 0 Å². The number of hydrogen-bond donors (Lipinski definition) is 1. The smallest absolute Gasteiger partial charge is 0.0960 e. The summed E-state index contributed by atoms with van der Waals surface area (Å²) in [5.41, 5.74) is 1.17. The number of aryl methyl sites for hydroxylation is 1. The van der Waals surface area contributed by atoms with Gasteiger partial charge in [-0.3, -0.25) is 0 Å². The van der Waals surface area contributed by atoms with Crippen molar-refractivity contribution >= 4 is 22.9 Å². The van der Waals surface area contributed by atoms with Crippen LogP contribution in [-0.4, -0.2) is 19.3 Å². The fraction of sp³-hybridized carbons (Fsp3) is 0.714. The molecule has 4 heteroatoms. The summed E-state index contributed by atoms with van der Waals surface area (Å²) in [6.45, 7) is 8.44. The van der Waals surface area contributed by atoms with Gasteiger partial charge in [0.05, 0.1) is 16.5 Å². The second kappa shape index (κ2) is 6.38. The lowest BCUT2D eigenvalue weighted by atomic mass is 9.96. The van der Waals surface area contributed by atoms with Crippen LogP contribution in [0.25, 0.3) is 0 Å². The van der Waals surface area contributed by atoms with Gasteiger partial charge in [-0.15, -0.1) is 11.3 Å². The highest BCUT2D eigenvalue weighted by molar-refractivity contribution is 7.16. The highest BCUT2D eigenvalue weighted by Crippen LogP contribution is 2.37. The molecule has 1 aromatic heterocycles. The Labute approximate surface area is 119 Å². The summed E-state index contributed by atoms with van der Waals surface area (Å²) >= 11 is 7.89. The van der Waals surface area contributed by atoms with Crippen LogP contribution in [0.3, 0.4) is 0 Å². The molecule has 0 bridgehead atoms. The topological polar surface area (TPSA) is 21.3 Å². The minimum atomic E-state index is 0.283. The summed E-state index contributed by atoms with van der Waals surface area (Å²) in [5, 5.41) is 3.63. The van der Waals surface area contributed by atoms with Crippen LogP contribution in [0.15, 0.2) is 6.07 Å². The molecule has 0 aliphatic carbocycles. The molecule has 2 rings (SSSR count). The molecule has 1 fully saturated rings. The molecule has 1 saturated heterocycles. The van der Waals surface area contributed by atoms with Gasteiger partial charge in [0, 0.05) is 11.5 Å². The zero-order chi connectivity index (χ0) is 13.1. The van der Waals surface area contributed by atoms with Crippen LogP contribution in [-0.2, 0) is 4.74 Å². The Morgan fingerprint density at radius 3 is 2.89 bits per heavy atom. The van der Waals surface area contributed by atoms with Gasteiger partial charge in [0.25, 0.3) is 0 Å². The van der Waals surface area contributed by atoms with E-state index < -0.39 is 0 Å². The fourth-order valence-electron chi connectivity index (χ4n) is 2.46. The van der Waals surface area contributed by atoms with Gasteiger partial charge in [-0.1, -0.05) is 25.4 Å². The number of ether oxygens (including phenoxy) is 1. The quantitative estimate of drug-likeness (QED) is 0.877. The molecule has 1 N–H and O–H groups in total. The maximum atomic E-state index is 6.20. The first-order valence-corrected chi connectivity index (χ1v) is 7.93. The molecule has 3 atom stereocenters. The average molecular weight is 288 g/mol. The lowest BCUT2D eigenvalue weighted by molar-refractivity contribution is 0.0617. The SMILES string of the molecule is CCCNC(c1cc(C)c(Cl)s1)C1OCCC1C. The lowest BCUT2D eigenvalue weighted by Gasteiger charge is -2.26. The van der Waals surface area contributed by atoms with Gasteiger partial charge < -0.3 is 10.1 Å². The molecule has 1 aromatic rings. The minimum Gasteiger partial charge on any atom is -0.376 e. The van der Waals surface area contributed by atoms with E-state index in [-0.39, 0.29) is 6.10 Å². The molecule has 3 unspecified atom stereocenters. The van der Waals surface area contributed by atoms with Crippen LogP contribution >= 0.6 is 22.9 Å². The van der Waals surface area contributed by atoms with Gasteiger partial charge in [-0.05, 0) is 43.9 Å². The second-order valence-electron chi connectivity index (χ2n) is 5.14. The Balaban J connectivity index is 2.18. The second-order valence-corrected chi connectivity index (χ2v) is 6.82. The van der Waals surface area contributed by atoms with Crippen molar-refractivity contribution in [1.82, 2.24) is 5.32 Å². The first-order chi connectivity index (χ1) is 8.63. The molecular formula is C14H22ClNOS. The van der Waals surface area contributed by atoms with Crippen LogP contribution in [0.4, 0.5) is 0 Å². The third kappa shape index (κ3) is 3.08. The molecule has 0 saturated carbocycles. The van der Waals surface area contributed by atoms with Gasteiger partial charge in [-0.2, -0.15) is 0 Å². The summed E-state index contributed by atoms with van der Waals surface area (Å²) in [5.74, 6) is 0.612. The molecule has 0 amide bonds. The number of halogens is 1. The van der Waals surface area contributed by atoms with Gasteiger partial charge in [0.15, 0.2) is 0 Å². The molecule has 102 valence electrons. The lowest BCUT2D eigenvalue weighted by Crippen LogP contribution is -2.34. The van der Waals surface area contributed by atoms with E-state index in [1.54, 1.807) is 11.3 Å². The highest BCUT2D eigenvalue weighted by Gasteiger charge is 2.33. The van der Waals surface area contributed by atoms with E-state index in [0.717, 1.165) is 30.3 Å². The first kappa shape index (κ1) is 14.3. The van der Waals surface area contributed by atoms with Crippen molar-refractivity contribution in [2.75, 3.05) is 13.2 Å². The van der Waals surface area contributed by atoms with E-state index in [0.29, 0.717) is 12.0 Å². The monoisotopic (exact) mass is 287 g/mol. The number of nitrogens with one attached hydrogen (secondary N) is 1. The Hall–Kier alpha value is -0.0900. The molecule has 0 spiro atoms. The summed E-state index contributed by atoms with van der Waals surface area (Å²) < 4.78 is 6.83. The number of hydrogen-bond acceptors (Lipinski definition) is 3. The van der Waals surface area contributed by atoms with Crippen molar-refractivity contribution < 1.29 is 4.74 Å². The van der Waals surface area contributed by atoms with Gasteiger partial charge in [-0.25, -0.2) is 0 Å². The third-order valence-electron chi connectivity index (χ3n) is 3.57. The summed E-state index contributed by atoms with van der Waals surface area (Å²) in [6, 6.07) is 2.49. The fourth-order valence-corrected chi connectivity index (χ4v) is 3.79. The van der Waals surface area contributed by atoms with Crippen LogP contribution < -0.4 is 5.32 Å². The number of thiophene rings is 1. The predicted octanol–water partition coefficient (Wildman–Crippen LogP) is 4.18. The van der Waals surface area contributed by atoms with E-state index in [1.165, 1.54) is 10.4 Å². The average Bonchev–Trinajstić information content (AvgIpc) is 2.88. The molecule has 0 aromatic carbocycles. The van der Waals surface area contributed by atoms with E-state index >= 15 is 0 Å². The van der Waals surface area contributed by atoms with Crippen molar-refractivity contribution in [3.05, 3.63) is 20.8 Å². The Bertz CT molecular complexity index is 374. The van der Waals surface area contributed by atoms with Crippen LogP contribution in [0, 0.1) is 12.8 Å². The van der Waals surface area contributed by atoms with Crippen molar-refractivity contribution in [3.8, 4) is 0 Å². The summed E-state index contributed by atoms with van der Waals surface area (Å²) in [7, 11) is 0. The molecule has 1 aliphatic rings. The first-order valence-electron chi connectivity index (χ1n) is 6.74. The Morgan fingerprint density at radius 1 is 1.61 bits per heavy atom. The van der Waals surface area contributed by atoms with E-state index in [4.69, 9.17) is 16.3 Å².